The van der Waals surface area contributed by atoms with Crippen molar-refractivity contribution in [2.75, 3.05) is 5.73 Å². The van der Waals surface area contributed by atoms with Crippen LogP contribution in [0.1, 0.15) is 12.8 Å². The van der Waals surface area contributed by atoms with Crippen molar-refractivity contribution in [3.63, 3.8) is 0 Å². The number of hydrogen-bond donors (Lipinski definition) is 1. The van der Waals surface area contributed by atoms with Crippen LogP contribution in [-0.2, 0) is 0 Å². The average Bonchev–Trinajstić information content (AvgIpc) is 2.94. The molecule has 0 bridgehead atoms. The fourth-order valence-corrected chi connectivity index (χ4v) is 2.24. The maximum Gasteiger partial charge on any atom is 0.164 e. The van der Waals surface area contributed by atoms with Crippen molar-refractivity contribution in [3.8, 4) is 11.4 Å². The van der Waals surface area contributed by atoms with Crippen molar-refractivity contribution in [3.05, 3.63) is 24.7 Å². The topological polar surface area (TPSA) is 69.6 Å². The van der Waals surface area contributed by atoms with E-state index in [1.54, 1.807) is 30.4 Å². The van der Waals surface area contributed by atoms with E-state index in [0.717, 1.165) is 10.8 Å². The molecule has 0 atom stereocenters. The van der Waals surface area contributed by atoms with Crippen LogP contribution in [0.4, 0.5) is 5.82 Å². The van der Waals surface area contributed by atoms with Crippen LogP contribution >= 0.6 is 11.9 Å². The first-order valence-electron chi connectivity index (χ1n) is 5.12. The van der Waals surface area contributed by atoms with Crippen LogP contribution in [0.3, 0.4) is 0 Å². The summed E-state index contributed by atoms with van der Waals surface area (Å²) in [7, 11) is 0. The fourth-order valence-electron chi connectivity index (χ4n) is 1.32. The van der Waals surface area contributed by atoms with Crippen LogP contribution < -0.4 is 5.73 Å². The molecule has 0 radical (unpaired) electrons. The fraction of sp³-hybridized carbons (Fsp3) is 0.300. The highest BCUT2D eigenvalue weighted by Gasteiger charge is 2.23. The first-order chi connectivity index (χ1) is 7.81. The first kappa shape index (κ1) is 9.65. The number of nitrogens with zero attached hydrogens (tertiary/aromatic N) is 4. The Balaban J connectivity index is 1.85. The minimum atomic E-state index is 0.479. The quantitative estimate of drug-likeness (QED) is 0.871. The molecule has 6 heteroatoms. The third kappa shape index (κ3) is 2.01. The Kier molecular flexibility index (Phi) is 2.28. The van der Waals surface area contributed by atoms with E-state index in [0.29, 0.717) is 11.6 Å². The average molecular weight is 233 g/mol. The molecule has 1 saturated carbocycles. The lowest BCUT2D eigenvalue weighted by Gasteiger charge is -1.97. The second-order valence-electron chi connectivity index (χ2n) is 3.74. The summed E-state index contributed by atoms with van der Waals surface area (Å²) in [5.41, 5.74) is 6.51. The summed E-state index contributed by atoms with van der Waals surface area (Å²) < 4.78 is 1.87. The summed E-state index contributed by atoms with van der Waals surface area (Å²) in [4.78, 5) is 8.32. The molecule has 5 nitrogen and oxygen atoms in total. The molecular formula is C10H11N5S. The van der Waals surface area contributed by atoms with Gasteiger partial charge in [-0.3, -0.25) is 0 Å². The van der Waals surface area contributed by atoms with Gasteiger partial charge in [0, 0.05) is 17.6 Å². The second-order valence-corrected chi connectivity index (χ2v) is 4.99. The molecule has 2 aromatic heterocycles. The maximum absolute atomic E-state index is 5.61. The molecule has 0 spiro atoms. The monoisotopic (exact) mass is 233 g/mol. The van der Waals surface area contributed by atoms with E-state index in [9.17, 15) is 0 Å². The van der Waals surface area contributed by atoms with Gasteiger partial charge in [-0.15, -0.1) is 0 Å². The maximum atomic E-state index is 5.61. The number of rotatable bonds is 3. The number of hydrogen-bond acceptors (Lipinski definition) is 5. The molecule has 0 aliphatic heterocycles. The summed E-state index contributed by atoms with van der Waals surface area (Å²) >= 11 is 1.75. The first-order valence-corrected chi connectivity index (χ1v) is 5.95. The third-order valence-corrected chi connectivity index (χ3v) is 3.46. The van der Waals surface area contributed by atoms with Crippen molar-refractivity contribution >= 4 is 17.8 Å². The van der Waals surface area contributed by atoms with E-state index in [2.05, 4.69) is 15.1 Å². The predicted octanol–water partition coefficient (Wildman–Crippen LogP) is 1.58. The van der Waals surface area contributed by atoms with Crippen LogP contribution in [0.15, 0.2) is 24.7 Å². The molecule has 0 unspecified atom stereocenters. The Morgan fingerprint density at radius 3 is 3.06 bits per heavy atom. The highest BCUT2D eigenvalue weighted by molar-refractivity contribution is 7.98. The Morgan fingerprint density at radius 1 is 1.44 bits per heavy atom. The van der Waals surface area contributed by atoms with E-state index in [1.807, 2.05) is 10.3 Å². The van der Waals surface area contributed by atoms with Crippen LogP contribution in [0.2, 0.25) is 0 Å². The SMILES string of the molecule is Nc1ccnc(-c2cnn(SC3CC3)c2)n1. The van der Waals surface area contributed by atoms with E-state index < -0.39 is 0 Å². The van der Waals surface area contributed by atoms with Gasteiger partial charge in [0.05, 0.1) is 11.8 Å². The summed E-state index contributed by atoms with van der Waals surface area (Å²) in [5.74, 6) is 1.11. The zero-order chi connectivity index (χ0) is 11.0. The molecule has 16 heavy (non-hydrogen) atoms. The van der Waals surface area contributed by atoms with Gasteiger partial charge >= 0.3 is 0 Å². The molecule has 1 aliphatic rings. The molecule has 2 N–H and O–H groups in total. The van der Waals surface area contributed by atoms with Crippen molar-refractivity contribution < 1.29 is 0 Å². The zero-order valence-corrected chi connectivity index (χ0v) is 9.39. The molecule has 0 aromatic carbocycles. The lowest BCUT2D eigenvalue weighted by molar-refractivity contribution is 1.01. The van der Waals surface area contributed by atoms with Gasteiger partial charge in [0.25, 0.3) is 0 Å². The second kappa shape index (κ2) is 3.79. The smallest absolute Gasteiger partial charge is 0.164 e. The lowest BCUT2D eigenvalue weighted by Crippen LogP contribution is -1.93. The van der Waals surface area contributed by atoms with Gasteiger partial charge in [0.1, 0.15) is 5.82 Å². The predicted molar refractivity (Wildman–Crippen MR) is 63.7 cm³/mol. The molecule has 1 aliphatic carbocycles. The van der Waals surface area contributed by atoms with Crippen LogP contribution in [0.25, 0.3) is 11.4 Å². The molecule has 0 saturated heterocycles. The minimum absolute atomic E-state index is 0.479. The van der Waals surface area contributed by atoms with E-state index in [-0.39, 0.29) is 0 Å². The Morgan fingerprint density at radius 2 is 2.31 bits per heavy atom. The highest BCUT2D eigenvalue weighted by atomic mass is 32.2. The zero-order valence-electron chi connectivity index (χ0n) is 8.58. The minimum Gasteiger partial charge on any atom is -0.384 e. The van der Waals surface area contributed by atoms with Gasteiger partial charge < -0.3 is 5.73 Å². The van der Waals surface area contributed by atoms with Crippen molar-refractivity contribution in [1.82, 2.24) is 19.2 Å². The summed E-state index contributed by atoms with van der Waals surface area (Å²) in [6, 6.07) is 1.67. The number of aromatic nitrogens is 4. The molecular weight excluding hydrogens is 222 g/mol. The van der Waals surface area contributed by atoms with E-state index in [1.165, 1.54) is 12.8 Å². The summed E-state index contributed by atoms with van der Waals surface area (Å²) in [6.45, 7) is 0. The lowest BCUT2D eigenvalue weighted by atomic mass is 10.3. The number of nitrogen functional groups attached to an aromatic ring is 1. The van der Waals surface area contributed by atoms with Gasteiger partial charge in [-0.1, -0.05) is 0 Å². The molecule has 1 fully saturated rings. The van der Waals surface area contributed by atoms with E-state index >= 15 is 0 Å². The van der Waals surface area contributed by atoms with Crippen LogP contribution in [0.5, 0.6) is 0 Å². The molecule has 2 aromatic rings. The molecule has 0 amide bonds. The molecule has 2 heterocycles. The van der Waals surface area contributed by atoms with Gasteiger partial charge in [0.2, 0.25) is 0 Å². The molecule has 3 rings (SSSR count). The largest absolute Gasteiger partial charge is 0.384 e. The normalized spacial score (nSPS) is 15.2. The van der Waals surface area contributed by atoms with Gasteiger partial charge in [-0.05, 0) is 30.9 Å². The van der Waals surface area contributed by atoms with Gasteiger partial charge in [0.15, 0.2) is 5.82 Å². The van der Waals surface area contributed by atoms with Crippen LogP contribution in [-0.4, -0.2) is 24.4 Å². The van der Waals surface area contributed by atoms with Crippen molar-refractivity contribution in [2.45, 2.75) is 18.1 Å². The summed E-state index contributed by atoms with van der Waals surface area (Å²) in [5, 5.41) is 4.99. The van der Waals surface area contributed by atoms with Crippen LogP contribution in [0, 0.1) is 0 Å². The Labute approximate surface area is 97.2 Å². The molecule has 82 valence electrons. The Hall–Kier alpha value is -1.56. The van der Waals surface area contributed by atoms with E-state index in [4.69, 9.17) is 5.73 Å². The number of nitrogens with two attached hydrogens (primary N) is 1. The standard InChI is InChI=1S/C10H11N5S/c11-9-3-4-12-10(14-9)7-5-13-15(6-7)16-8-1-2-8/h3-6,8H,1-2H2,(H2,11,12,14). The summed E-state index contributed by atoms with van der Waals surface area (Å²) in [6.07, 6.45) is 7.94. The highest BCUT2D eigenvalue weighted by Crippen LogP contribution is 2.34. The van der Waals surface area contributed by atoms with Crippen molar-refractivity contribution in [2.24, 2.45) is 0 Å². The Bertz CT molecular complexity index is 505. The van der Waals surface area contributed by atoms with Crippen molar-refractivity contribution in [1.29, 1.82) is 0 Å². The van der Waals surface area contributed by atoms with Gasteiger partial charge in [-0.25, -0.2) is 14.1 Å². The van der Waals surface area contributed by atoms with Gasteiger partial charge in [-0.2, -0.15) is 5.10 Å². The third-order valence-electron chi connectivity index (χ3n) is 2.28. The number of anilines is 1.